The average molecular weight is 1470 g/mol. The Bertz CT molecular complexity index is 3580. The number of rotatable bonds is 24. The number of benzene rings is 2. The number of halogens is 9. The van der Waals surface area contributed by atoms with E-state index in [1.54, 1.807) is 61.8 Å². The Hall–Kier alpha value is -5.32. The second-order valence-corrected chi connectivity index (χ2v) is 40.4. The van der Waals surface area contributed by atoms with Gasteiger partial charge in [-0.15, -0.1) is 0 Å². The number of hydrogen-bond donors (Lipinski definition) is 0. The minimum Gasteiger partial charge on any atom is -0.476 e. The number of hydrogen-bond acceptors (Lipinski definition) is 14. The first-order chi connectivity index (χ1) is 43.8. The molecule has 0 radical (unpaired) electrons. The summed E-state index contributed by atoms with van der Waals surface area (Å²) in [6.45, 7) is 31.0. The number of esters is 2. The number of nitrogens with zero attached hydrogens (tertiary/aromatic N) is 6. The van der Waals surface area contributed by atoms with Crippen molar-refractivity contribution in [3.8, 4) is 45.7 Å². The Morgan fingerprint density at radius 2 is 1.05 bits per heavy atom. The minimum absolute atomic E-state index is 0. The fraction of sp³-hybridized carbons (Fsp3) is 0.552. The van der Waals surface area contributed by atoms with Crippen molar-refractivity contribution in [3.63, 3.8) is 0 Å². The molecule has 0 unspecified atom stereocenters. The van der Waals surface area contributed by atoms with E-state index in [9.17, 15) is 35.9 Å². The van der Waals surface area contributed by atoms with E-state index in [1.165, 1.54) is 9.13 Å². The number of imidazole rings is 2. The summed E-state index contributed by atoms with van der Waals surface area (Å²) in [5.74, 6) is 0.714. The molecule has 0 bridgehead atoms. The third kappa shape index (κ3) is 20.6. The van der Waals surface area contributed by atoms with Crippen LogP contribution in [0.1, 0.15) is 110 Å². The highest BCUT2D eigenvalue weighted by Crippen LogP contribution is 2.45. The Labute approximate surface area is 575 Å². The van der Waals surface area contributed by atoms with E-state index in [1.807, 2.05) is 54.5 Å². The van der Waals surface area contributed by atoms with Crippen LogP contribution in [0.25, 0.3) is 33.9 Å². The van der Waals surface area contributed by atoms with E-state index in [4.69, 9.17) is 60.9 Å². The monoisotopic (exact) mass is 1470 g/mol. The molecule has 0 amide bonds. The Kier molecular flexibility index (Phi) is 26.6. The van der Waals surface area contributed by atoms with E-state index < -0.39 is 69.0 Å². The highest BCUT2D eigenvalue weighted by molar-refractivity contribution is 9.10. The Morgan fingerprint density at radius 1 is 0.632 bits per heavy atom. The molecule has 0 N–H and O–H groups in total. The minimum atomic E-state index is -4.61. The van der Waals surface area contributed by atoms with E-state index in [2.05, 4.69) is 75.1 Å². The first-order valence-corrected chi connectivity index (χ1v) is 40.3. The van der Waals surface area contributed by atoms with Crippen molar-refractivity contribution in [2.75, 3.05) is 39.6 Å². The third-order valence-corrected chi connectivity index (χ3v) is 21.6. The first kappa shape index (κ1) is 78.7. The van der Waals surface area contributed by atoms with Crippen LogP contribution in [0.5, 0.6) is 11.8 Å². The smallest absolute Gasteiger partial charge is 0.476 e. The van der Waals surface area contributed by atoms with E-state index in [0.717, 1.165) is 95.2 Å². The molecule has 4 aromatic heterocycles. The summed E-state index contributed by atoms with van der Waals surface area (Å²) in [6, 6.07) is 15.6. The highest BCUT2D eigenvalue weighted by Gasteiger charge is 2.53. The molecule has 2 aromatic carbocycles. The van der Waals surface area contributed by atoms with Crippen LogP contribution in [0.2, 0.25) is 61.4 Å². The molecular formula is C67H90BBrCl2F6N6O10Si2. The van der Waals surface area contributed by atoms with Crippen LogP contribution in [0.4, 0.5) is 26.3 Å². The molecule has 28 heteroatoms. The van der Waals surface area contributed by atoms with E-state index in [-0.39, 0.29) is 56.1 Å². The molecule has 1 aliphatic heterocycles. The van der Waals surface area contributed by atoms with E-state index in [0.29, 0.717) is 60.9 Å². The fourth-order valence-corrected chi connectivity index (χ4v) is 12.6. The summed E-state index contributed by atoms with van der Waals surface area (Å²) >= 11 is 16.1. The second-order valence-electron chi connectivity index (χ2n) is 27.4. The molecule has 16 nitrogen and oxygen atoms in total. The van der Waals surface area contributed by atoms with Gasteiger partial charge in [0.1, 0.15) is 49.2 Å². The standard InChI is InChI=1S/C30H37ClF3N3O4Si.C20H30BNO5.C16H19BrClF3N2OSi.CH4/c1-6-40-28(38)29(10-7-11-29)18-41-26-14-20(2)23(16-35-26)21-8-9-22(24(31)15-21)27-36-25(30(32,33)34)17-37(27)19-39-12-13-42(3,4)5;1-7-24-17(23)20(9-8-10-20)13-25-16-11-14(2)15(12-22-16)21-26-18(3,4)19(5,6)27-21;1-25(2,3)7-6-24-10-23-9-14(16(19,20)21)22-15(23)12-5-4-11(17)8-13(12)18;/h8-9,14-17H,6-7,10-13,18-19H2,1-5H3;11-12H,7-10,13H2,1-6H3;4-5,8-9H,6-7,10H2,1-3H3;1H4. The Balaban J connectivity index is 0.000000235. The van der Waals surface area contributed by atoms with Gasteiger partial charge < -0.3 is 46.9 Å². The fourth-order valence-electron chi connectivity index (χ4n) is 10.1. The lowest BCUT2D eigenvalue weighted by Gasteiger charge is -2.38. The molecule has 3 aliphatic rings. The topological polar surface area (TPSA) is 169 Å². The number of aryl methyl sites for hydroxylation is 2. The molecule has 0 spiro atoms. The summed E-state index contributed by atoms with van der Waals surface area (Å²) in [5.41, 5.74) is 1.15. The zero-order valence-corrected chi connectivity index (χ0v) is 61.1. The lowest BCUT2D eigenvalue weighted by molar-refractivity contribution is -0.164. The van der Waals surface area contributed by atoms with Crippen LogP contribution in [-0.4, -0.2) is 115 Å². The van der Waals surface area contributed by atoms with Gasteiger partial charge in [0.15, 0.2) is 11.4 Å². The van der Waals surface area contributed by atoms with Crippen molar-refractivity contribution in [2.24, 2.45) is 10.8 Å². The molecule has 3 fully saturated rings. The molecule has 9 rings (SSSR count). The SMILES string of the molecule is C.CCOC(=O)C1(COc2cc(C)c(-c3ccc(-c4nc(C(F)(F)F)cn4COCC[Si](C)(C)C)c(Cl)c3)cn2)CCC1.CCOC(=O)C1(COc2cc(C)c(B3OC(C)(C)C(C)(C)O3)cn2)CCC1.C[Si](C)(C)CCOCn1cc(C(F)(F)F)nc1-c1ccc(Br)cc1Cl. The average Bonchev–Trinajstić information content (AvgIpc) is 1.70. The first-order valence-electron chi connectivity index (χ1n) is 31.4. The molecule has 522 valence electrons. The molecule has 1 saturated heterocycles. The number of carbonyl (C=O) groups excluding carboxylic acids is 2. The molecular weight excluding hydrogens is 1380 g/mol. The predicted molar refractivity (Wildman–Crippen MR) is 367 cm³/mol. The van der Waals surface area contributed by atoms with Crippen LogP contribution >= 0.6 is 39.1 Å². The van der Waals surface area contributed by atoms with Gasteiger partial charge in [-0.1, -0.05) is 105 Å². The van der Waals surface area contributed by atoms with Gasteiger partial charge in [0.2, 0.25) is 11.8 Å². The van der Waals surface area contributed by atoms with Gasteiger partial charge in [-0.3, -0.25) is 9.59 Å². The molecule has 5 heterocycles. The van der Waals surface area contributed by atoms with Gasteiger partial charge in [0.05, 0.1) is 34.5 Å². The van der Waals surface area contributed by atoms with Gasteiger partial charge >= 0.3 is 31.4 Å². The van der Waals surface area contributed by atoms with Gasteiger partial charge in [-0.05, 0) is 140 Å². The summed E-state index contributed by atoms with van der Waals surface area (Å²) < 4.78 is 129. The van der Waals surface area contributed by atoms with Crippen molar-refractivity contribution in [2.45, 2.75) is 190 Å². The summed E-state index contributed by atoms with van der Waals surface area (Å²) in [5, 5.41) is 0.563. The van der Waals surface area contributed by atoms with Gasteiger partial charge in [0, 0.05) is 92.9 Å². The maximum absolute atomic E-state index is 13.5. The number of ether oxygens (including phenoxy) is 6. The van der Waals surface area contributed by atoms with Crippen molar-refractivity contribution >= 4 is 79.8 Å². The maximum atomic E-state index is 13.5. The molecule has 95 heavy (non-hydrogen) atoms. The lowest BCUT2D eigenvalue weighted by Crippen LogP contribution is -2.44. The van der Waals surface area contributed by atoms with Crippen LogP contribution in [0.3, 0.4) is 0 Å². The normalized spacial score (nSPS) is 16.2. The Morgan fingerprint density at radius 3 is 1.42 bits per heavy atom. The molecule has 2 aliphatic carbocycles. The second kappa shape index (κ2) is 32.1. The third-order valence-electron chi connectivity index (χ3n) is 17.0. The van der Waals surface area contributed by atoms with Crippen LogP contribution in [0.15, 0.2) is 77.8 Å². The maximum Gasteiger partial charge on any atom is 0.496 e. The van der Waals surface area contributed by atoms with E-state index >= 15 is 0 Å². The van der Waals surface area contributed by atoms with Crippen molar-refractivity contribution < 1.29 is 73.7 Å². The highest BCUT2D eigenvalue weighted by atomic mass is 79.9. The zero-order valence-electron chi connectivity index (χ0n) is 56.0. The number of alkyl halides is 6. The van der Waals surface area contributed by atoms with Crippen LogP contribution in [-0.2, 0) is 63.7 Å². The van der Waals surface area contributed by atoms with Crippen LogP contribution in [0, 0.1) is 24.7 Å². The van der Waals surface area contributed by atoms with Gasteiger partial charge in [-0.2, -0.15) is 26.3 Å². The van der Waals surface area contributed by atoms with Gasteiger partial charge in [0.25, 0.3) is 0 Å². The predicted octanol–water partition coefficient (Wildman–Crippen LogP) is 17.8. The van der Waals surface area contributed by atoms with Crippen LogP contribution < -0.4 is 14.9 Å². The quantitative estimate of drug-likeness (QED) is 0.0243. The zero-order chi connectivity index (χ0) is 69.4. The summed E-state index contributed by atoms with van der Waals surface area (Å²) in [6.07, 6.45) is 1.21. The number of carbonyl (C=O) groups is 2. The molecule has 6 aromatic rings. The number of pyridine rings is 2. The summed E-state index contributed by atoms with van der Waals surface area (Å²) in [4.78, 5) is 41.1. The van der Waals surface area contributed by atoms with Crippen molar-refractivity contribution in [1.82, 2.24) is 29.1 Å². The molecule has 0 atom stereocenters. The van der Waals surface area contributed by atoms with Gasteiger partial charge in [-0.25, -0.2) is 19.9 Å². The molecule has 2 saturated carbocycles. The lowest BCUT2D eigenvalue weighted by atomic mass is 9.69. The largest absolute Gasteiger partial charge is 0.496 e. The number of aromatic nitrogens is 6. The van der Waals surface area contributed by atoms with Crippen molar-refractivity contribution in [1.29, 1.82) is 0 Å². The van der Waals surface area contributed by atoms with Crippen molar-refractivity contribution in [3.05, 3.63) is 110 Å². The summed E-state index contributed by atoms with van der Waals surface area (Å²) in [7, 11) is -3.08.